The molecule has 5 nitrogen and oxygen atoms in total. The van der Waals surface area contributed by atoms with Gasteiger partial charge in [0.05, 0.1) is 23.3 Å². The van der Waals surface area contributed by atoms with Crippen molar-refractivity contribution in [1.82, 2.24) is 0 Å². The summed E-state index contributed by atoms with van der Waals surface area (Å²) in [7, 11) is 0. The molecule has 0 bridgehead atoms. The van der Waals surface area contributed by atoms with Crippen molar-refractivity contribution < 1.29 is 14.2 Å². The van der Waals surface area contributed by atoms with Gasteiger partial charge in [-0.2, -0.15) is 4.91 Å². The molecule has 0 aromatic heterocycles. The van der Waals surface area contributed by atoms with E-state index < -0.39 is 0 Å². The van der Waals surface area contributed by atoms with Crippen LogP contribution in [0, 0.1) is 4.91 Å². The van der Waals surface area contributed by atoms with Crippen LogP contribution in [0.1, 0.15) is 19.8 Å². The van der Waals surface area contributed by atoms with E-state index >= 15 is 0 Å². The van der Waals surface area contributed by atoms with Crippen LogP contribution in [0.15, 0.2) is 27.9 Å². The van der Waals surface area contributed by atoms with E-state index in [-0.39, 0.29) is 17.1 Å². The van der Waals surface area contributed by atoms with Crippen molar-refractivity contribution >= 4 is 46.4 Å². The maximum Gasteiger partial charge on any atom is 0.156 e. The fraction of sp³-hybridized carbons (Fsp3) is 0.500. The molecule has 0 aliphatic carbocycles. The highest BCUT2D eigenvalue weighted by Gasteiger charge is 2.10. The summed E-state index contributed by atoms with van der Waals surface area (Å²) < 4.78 is 16.5. The third kappa shape index (κ3) is 9.52. The van der Waals surface area contributed by atoms with Crippen LogP contribution < -0.4 is 9.47 Å². The van der Waals surface area contributed by atoms with E-state index in [1.165, 1.54) is 6.08 Å². The first-order chi connectivity index (χ1) is 11.9. The molecular formula is C16H19Cl4NO4. The van der Waals surface area contributed by atoms with E-state index in [1.807, 2.05) is 0 Å². The van der Waals surface area contributed by atoms with E-state index in [1.54, 1.807) is 19.1 Å². The van der Waals surface area contributed by atoms with Crippen LogP contribution in [0.4, 0.5) is 0 Å². The lowest BCUT2D eigenvalue weighted by atomic mass is 10.3. The van der Waals surface area contributed by atoms with Gasteiger partial charge in [0.15, 0.2) is 5.75 Å². The number of unbranched alkanes of at least 4 members (excludes halogenated alkanes) is 1. The van der Waals surface area contributed by atoms with Crippen molar-refractivity contribution in [2.45, 2.75) is 25.8 Å². The Morgan fingerprint density at radius 1 is 1.16 bits per heavy atom. The van der Waals surface area contributed by atoms with Crippen LogP contribution in [-0.2, 0) is 4.74 Å². The Morgan fingerprint density at radius 2 is 1.80 bits per heavy atom. The summed E-state index contributed by atoms with van der Waals surface area (Å²) in [6.45, 7) is 3.21. The lowest BCUT2D eigenvalue weighted by Gasteiger charge is -2.12. The summed E-state index contributed by atoms with van der Waals surface area (Å²) in [5.41, 5.74) is 0. The smallest absolute Gasteiger partial charge is 0.156 e. The third-order valence-electron chi connectivity index (χ3n) is 2.93. The van der Waals surface area contributed by atoms with Crippen LogP contribution in [0.5, 0.6) is 11.5 Å². The molecule has 0 heterocycles. The van der Waals surface area contributed by atoms with E-state index in [9.17, 15) is 4.91 Å². The predicted octanol–water partition coefficient (Wildman–Crippen LogP) is 6.02. The first-order valence-corrected chi connectivity index (χ1v) is 9.11. The minimum Gasteiger partial charge on any atom is -0.490 e. The van der Waals surface area contributed by atoms with Crippen LogP contribution in [0.2, 0.25) is 10.0 Å². The highest BCUT2D eigenvalue weighted by Crippen LogP contribution is 2.37. The van der Waals surface area contributed by atoms with Crippen molar-refractivity contribution in [3.63, 3.8) is 0 Å². The number of hydrogen-bond acceptors (Lipinski definition) is 5. The lowest BCUT2D eigenvalue weighted by Crippen LogP contribution is -2.09. The van der Waals surface area contributed by atoms with Crippen LogP contribution >= 0.6 is 46.4 Å². The van der Waals surface area contributed by atoms with Gasteiger partial charge in [0.1, 0.15) is 22.9 Å². The second kappa shape index (κ2) is 12.6. The number of benzene rings is 1. The predicted molar refractivity (Wildman–Crippen MR) is 103 cm³/mol. The number of nitrogens with zero attached hydrogens (tertiary/aromatic N) is 1. The van der Waals surface area contributed by atoms with Crippen molar-refractivity contribution in [2.75, 3.05) is 26.4 Å². The lowest BCUT2D eigenvalue weighted by molar-refractivity contribution is 0.117. The summed E-state index contributed by atoms with van der Waals surface area (Å²) in [5, 5.41) is 3.57. The van der Waals surface area contributed by atoms with E-state index in [0.717, 1.165) is 12.8 Å². The molecule has 1 atom stereocenters. The van der Waals surface area contributed by atoms with Crippen molar-refractivity contribution in [3.8, 4) is 11.5 Å². The Bertz CT molecular complexity index is 556. The Morgan fingerprint density at radius 3 is 2.40 bits per heavy atom. The zero-order chi connectivity index (χ0) is 18.7. The average Bonchev–Trinajstić information content (AvgIpc) is 2.55. The molecule has 9 heteroatoms. The molecular weight excluding hydrogens is 412 g/mol. The molecule has 0 amide bonds. The maximum atomic E-state index is 10.2. The normalized spacial score (nSPS) is 11.7. The SMILES string of the molecule is CC(COCCCCOc1c(Cl)cc(OCC=C(Cl)Cl)cc1Cl)N=O. The number of nitroso groups, excluding NO2 is 1. The fourth-order valence-corrected chi connectivity index (χ4v) is 2.43. The summed E-state index contributed by atoms with van der Waals surface area (Å²) in [6.07, 6.45) is 3.05. The Kier molecular flexibility index (Phi) is 11.3. The summed E-state index contributed by atoms with van der Waals surface area (Å²) in [5.74, 6) is 0.890. The third-order valence-corrected chi connectivity index (χ3v) is 3.80. The molecule has 0 aliphatic rings. The fourth-order valence-electron chi connectivity index (χ4n) is 1.72. The van der Waals surface area contributed by atoms with Crippen LogP contribution in [0.25, 0.3) is 0 Å². The van der Waals surface area contributed by atoms with Gasteiger partial charge in [0.2, 0.25) is 0 Å². The standard InChI is InChI=1S/C16H19Cl4NO4/c1-11(21-22)10-23-5-2-3-6-25-16-13(17)8-12(9-14(16)18)24-7-4-15(19)20/h4,8-9,11H,2-3,5-7,10H2,1H3. The molecule has 1 unspecified atom stereocenters. The molecule has 0 saturated carbocycles. The average molecular weight is 431 g/mol. The second-order valence-electron chi connectivity index (χ2n) is 5.11. The minimum absolute atomic E-state index is 0.123. The number of hydrogen-bond donors (Lipinski definition) is 0. The summed E-state index contributed by atoms with van der Waals surface area (Å²) in [6, 6.07) is 2.89. The van der Waals surface area contributed by atoms with E-state index in [2.05, 4.69) is 5.18 Å². The van der Waals surface area contributed by atoms with Crippen LogP contribution in [-0.4, -0.2) is 32.5 Å². The molecule has 0 N–H and O–H groups in total. The Labute approximate surface area is 167 Å². The van der Waals surface area contributed by atoms with Gasteiger partial charge >= 0.3 is 0 Å². The molecule has 0 spiro atoms. The van der Waals surface area contributed by atoms with E-state index in [0.29, 0.717) is 41.4 Å². The molecule has 140 valence electrons. The largest absolute Gasteiger partial charge is 0.490 e. The molecule has 25 heavy (non-hydrogen) atoms. The zero-order valence-electron chi connectivity index (χ0n) is 13.6. The zero-order valence-corrected chi connectivity index (χ0v) is 16.7. The highest BCUT2D eigenvalue weighted by molar-refractivity contribution is 6.55. The number of ether oxygens (including phenoxy) is 3. The quantitative estimate of drug-likeness (QED) is 0.300. The van der Waals surface area contributed by atoms with Gasteiger partial charge in [-0.25, -0.2) is 0 Å². The van der Waals surface area contributed by atoms with Crippen molar-refractivity contribution in [3.05, 3.63) is 37.7 Å². The molecule has 1 aromatic rings. The van der Waals surface area contributed by atoms with Gasteiger partial charge in [0, 0.05) is 18.7 Å². The second-order valence-corrected chi connectivity index (χ2v) is 6.93. The molecule has 1 aromatic carbocycles. The molecule has 0 saturated heterocycles. The maximum absolute atomic E-state index is 10.2. The van der Waals surface area contributed by atoms with Gasteiger partial charge in [-0.05, 0) is 25.8 Å². The van der Waals surface area contributed by atoms with Gasteiger partial charge in [0.25, 0.3) is 0 Å². The molecule has 0 aliphatic heterocycles. The first-order valence-electron chi connectivity index (χ1n) is 7.60. The Hall–Kier alpha value is -0.720. The van der Waals surface area contributed by atoms with E-state index in [4.69, 9.17) is 60.6 Å². The number of rotatable bonds is 12. The molecule has 0 fully saturated rings. The summed E-state index contributed by atoms with van der Waals surface area (Å²) >= 11 is 23.3. The minimum atomic E-state index is -0.328. The highest BCUT2D eigenvalue weighted by atomic mass is 35.5. The van der Waals surface area contributed by atoms with Crippen LogP contribution in [0.3, 0.4) is 0 Å². The van der Waals surface area contributed by atoms with Gasteiger partial charge in [-0.1, -0.05) is 51.6 Å². The molecule has 1 rings (SSSR count). The first kappa shape index (κ1) is 22.3. The van der Waals surface area contributed by atoms with Gasteiger partial charge in [-0.3, -0.25) is 0 Å². The van der Waals surface area contributed by atoms with Gasteiger partial charge < -0.3 is 14.2 Å². The topological polar surface area (TPSA) is 57.1 Å². The number of halogens is 4. The Balaban J connectivity index is 2.36. The monoisotopic (exact) mass is 429 g/mol. The van der Waals surface area contributed by atoms with Crippen molar-refractivity contribution in [2.24, 2.45) is 5.18 Å². The van der Waals surface area contributed by atoms with Gasteiger partial charge in [-0.15, -0.1) is 0 Å². The molecule has 0 radical (unpaired) electrons. The van der Waals surface area contributed by atoms with Crippen molar-refractivity contribution in [1.29, 1.82) is 0 Å². The summed E-state index contributed by atoms with van der Waals surface area (Å²) in [4.78, 5) is 10.2.